The second-order valence-electron chi connectivity index (χ2n) is 14.3. The van der Waals surface area contributed by atoms with Gasteiger partial charge in [-0.05, 0) is 58.7 Å². The fourth-order valence-corrected chi connectivity index (χ4v) is 12.7. The van der Waals surface area contributed by atoms with Crippen LogP contribution in [0.3, 0.4) is 0 Å². The molecule has 0 unspecified atom stereocenters. The maximum atomic E-state index is 13.5. The van der Waals surface area contributed by atoms with Crippen molar-refractivity contribution >= 4 is 90.1 Å². The van der Waals surface area contributed by atoms with Crippen molar-refractivity contribution < 1.29 is 19.2 Å². The van der Waals surface area contributed by atoms with Crippen molar-refractivity contribution in [2.24, 2.45) is 0 Å². The van der Waals surface area contributed by atoms with E-state index in [9.17, 15) is 29.7 Å². The number of rotatable bonds is 2. The lowest BCUT2D eigenvalue weighted by Crippen LogP contribution is -2.24. The first kappa shape index (κ1) is 32.6. The van der Waals surface area contributed by atoms with E-state index < -0.39 is 34.0 Å². The van der Waals surface area contributed by atoms with Crippen LogP contribution in [0.5, 0.6) is 0 Å². The van der Waals surface area contributed by atoms with Crippen molar-refractivity contribution in [1.29, 1.82) is 10.5 Å². The highest BCUT2D eigenvalue weighted by molar-refractivity contribution is 7.32. The number of carbonyl (C=O) groups excluding carboxylic acids is 4. The van der Waals surface area contributed by atoms with Crippen molar-refractivity contribution in [1.82, 2.24) is 0 Å². The summed E-state index contributed by atoms with van der Waals surface area (Å²) < 4.78 is 2.13. The SMILES string of the molecule is [C-]#[N+]c1cc2c(cc1[N+]#[C-])C(=O)C(=CC1=Cc3sc4c(c3C1(C)C)C(C)(C)c1c-4sc3cc(C=C4C(=O)c5cc(C#N)c(C#N)cc5C4=O)sc13)C2=O. The Morgan fingerprint density at radius 1 is 0.642 bits per heavy atom. The number of nitriles is 2. The zero-order chi connectivity index (χ0) is 37.5. The van der Waals surface area contributed by atoms with Crippen LogP contribution in [0.1, 0.15) is 107 Å². The molecule has 0 amide bonds. The quantitative estimate of drug-likeness (QED) is 0.101. The lowest BCUT2D eigenvalue weighted by atomic mass is 9.73. The topological polar surface area (TPSA) is 125 Å². The third-order valence-electron chi connectivity index (χ3n) is 10.7. The predicted octanol–water partition coefficient (Wildman–Crippen LogP) is 10.3. The van der Waals surface area contributed by atoms with Gasteiger partial charge in [0.1, 0.15) is 12.1 Å². The number of thiophene rings is 3. The van der Waals surface area contributed by atoms with Gasteiger partial charge in [0.25, 0.3) is 0 Å². The second kappa shape index (κ2) is 10.6. The van der Waals surface area contributed by atoms with E-state index in [2.05, 4.69) is 43.5 Å². The molecule has 3 aromatic heterocycles. The minimum Gasteiger partial charge on any atom is -0.288 e. The number of hydrogen-bond donors (Lipinski definition) is 0. The highest BCUT2D eigenvalue weighted by Crippen LogP contribution is 2.64. The summed E-state index contributed by atoms with van der Waals surface area (Å²) in [4.78, 5) is 64.7. The van der Waals surface area contributed by atoms with Gasteiger partial charge in [0.2, 0.25) is 0 Å². The van der Waals surface area contributed by atoms with Crippen LogP contribution in [0.2, 0.25) is 0 Å². The van der Waals surface area contributed by atoms with Gasteiger partial charge in [-0.15, -0.1) is 34.0 Å². The molecule has 4 aliphatic carbocycles. The monoisotopic (exact) mass is 740 g/mol. The van der Waals surface area contributed by atoms with Crippen LogP contribution in [-0.2, 0) is 10.8 Å². The molecular formula is C42H20N4O4S3. The first-order chi connectivity index (χ1) is 25.2. The molecule has 9 rings (SSSR count). The van der Waals surface area contributed by atoms with Gasteiger partial charge in [-0.1, -0.05) is 39.8 Å². The molecular weight excluding hydrogens is 721 g/mol. The Labute approximate surface area is 314 Å². The molecule has 0 saturated heterocycles. The first-order valence-corrected chi connectivity index (χ1v) is 18.7. The van der Waals surface area contributed by atoms with E-state index in [0.29, 0.717) is 0 Å². The fourth-order valence-electron chi connectivity index (χ4n) is 8.08. The number of allylic oxidation sites excluding steroid dienone is 4. The minimum absolute atomic E-state index is 0.0103. The molecule has 0 aliphatic heterocycles. The second-order valence-corrected chi connectivity index (χ2v) is 17.4. The zero-order valence-electron chi connectivity index (χ0n) is 28.3. The summed E-state index contributed by atoms with van der Waals surface area (Å²) in [7, 11) is 0. The van der Waals surface area contributed by atoms with E-state index in [0.717, 1.165) is 30.3 Å². The largest absolute Gasteiger partial charge is 0.288 e. The van der Waals surface area contributed by atoms with Crippen LogP contribution < -0.4 is 0 Å². The molecule has 3 heterocycles. The van der Waals surface area contributed by atoms with Crippen molar-refractivity contribution in [3.05, 3.63) is 136 Å². The van der Waals surface area contributed by atoms with Crippen LogP contribution in [-0.4, -0.2) is 23.1 Å². The van der Waals surface area contributed by atoms with Crippen molar-refractivity contribution in [2.45, 2.75) is 38.5 Å². The van der Waals surface area contributed by atoms with E-state index in [1.54, 1.807) is 34.8 Å². The smallest absolute Gasteiger partial charge is 0.197 e. The molecule has 0 radical (unpaired) electrons. The minimum atomic E-state index is -0.546. The Hall–Kier alpha value is -6.34. The molecule has 2 aromatic carbocycles. The summed E-state index contributed by atoms with van der Waals surface area (Å²) in [6.45, 7) is 23.4. The van der Waals surface area contributed by atoms with Gasteiger partial charge < -0.3 is 0 Å². The van der Waals surface area contributed by atoms with Crippen LogP contribution in [0.15, 0.2) is 53.1 Å². The molecule has 11 heteroatoms. The Balaban J connectivity index is 1.08. The van der Waals surface area contributed by atoms with Crippen molar-refractivity contribution in [3.63, 3.8) is 0 Å². The van der Waals surface area contributed by atoms with Gasteiger partial charge in [0.15, 0.2) is 34.5 Å². The zero-order valence-corrected chi connectivity index (χ0v) is 30.7. The van der Waals surface area contributed by atoms with Gasteiger partial charge in [0, 0.05) is 52.4 Å². The van der Waals surface area contributed by atoms with Gasteiger partial charge in [-0.3, -0.25) is 28.9 Å². The van der Waals surface area contributed by atoms with Crippen LogP contribution >= 0.6 is 34.0 Å². The molecule has 5 aromatic rings. The standard InChI is InChI=1S/C42H20N4O4S3/c1-41(2)19(9-25-36(49)23-13-27(45-5)28(46-6)14-24(23)37(25)50)10-29-31(41)32-39(52-29)40-33(42(32,3)4)38-30(53-40)12-20(51-38)11-26-34(47)21-7-17(15-43)18(16-44)8-22(21)35(26)48/h7-14H,1-4H3. The number of Topliss-reactive ketones (excluding diaryl/α,β-unsaturated/α-hetero) is 4. The fraction of sp³-hybridized carbons (Fsp3) is 0.143. The average Bonchev–Trinajstić information content (AvgIpc) is 3.96. The first-order valence-electron chi connectivity index (χ1n) is 16.3. The molecule has 0 spiro atoms. The third kappa shape index (κ3) is 4.10. The highest BCUT2D eigenvalue weighted by atomic mass is 32.1. The summed E-state index contributed by atoms with van der Waals surface area (Å²) in [6, 6.07) is 11.2. The van der Waals surface area contributed by atoms with E-state index in [1.807, 2.05) is 18.2 Å². The summed E-state index contributed by atoms with van der Waals surface area (Å²) in [5.41, 5.74) is 4.25. The number of ketones is 4. The Morgan fingerprint density at radius 3 is 1.68 bits per heavy atom. The van der Waals surface area contributed by atoms with Gasteiger partial charge in [-0.2, -0.15) is 10.5 Å². The summed E-state index contributed by atoms with van der Waals surface area (Å²) in [5.74, 6) is -1.81. The molecule has 8 nitrogen and oxygen atoms in total. The van der Waals surface area contributed by atoms with E-state index in [1.165, 1.54) is 56.5 Å². The van der Waals surface area contributed by atoms with E-state index >= 15 is 0 Å². The normalized spacial score (nSPS) is 16.7. The molecule has 0 fully saturated rings. The third-order valence-corrected chi connectivity index (χ3v) is 14.4. The summed E-state index contributed by atoms with van der Waals surface area (Å²) in [5, 5.41) is 18.9. The number of carbonyl (C=O) groups is 4. The Morgan fingerprint density at radius 2 is 1.15 bits per heavy atom. The lowest BCUT2D eigenvalue weighted by molar-refractivity contribution is 0.0974. The van der Waals surface area contributed by atoms with Crippen LogP contribution in [0, 0.1) is 35.8 Å². The molecule has 250 valence electrons. The van der Waals surface area contributed by atoms with Crippen LogP contribution in [0.25, 0.3) is 41.0 Å². The average molecular weight is 741 g/mol. The Kier molecular flexibility index (Phi) is 6.52. The predicted molar refractivity (Wildman–Crippen MR) is 204 cm³/mol. The lowest BCUT2D eigenvalue weighted by Gasteiger charge is -2.29. The molecule has 0 N–H and O–H groups in total. The highest BCUT2D eigenvalue weighted by Gasteiger charge is 2.49. The number of hydrogen-bond acceptors (Lipinski definition) is 9. The van der Waals surface area contributed by atoms with E-state index in [4.69, 9.17) is 13.1 Å². The molecule has 0 saturated carbocycles. The number of benzene rings is 2. The van der Waals surface area contributed by atoms with Gasteiger partial charge in [0.05, 0.1) is 45.0 Å². The number of nitrogens with zero attached hydrogens (tertiary/aromatic N) is 4. The number of fused-ring (bicyclic) bond motifs is 9. The van der Waals surface area contributed by atoms with Gasteiger partial charge >= 0.3 is 0 Å². The summed E-state index contributed by atoms with van der Waals surface area (Å²) in [6.07, 6.45) is 5.36. The maximum Gasteiger partial charge on any atom is 0.197 e. The molecule has 53 heavy (non-hydrogen) atoms. The Bertz CT molecular complexity index is 2910. The molecule has 0 bridgehead atoms. The van der Waals surface area contributed by atoms with Crippen LogP contribution in [0.4, 0.5) is 11.4 Å². The molecule has 4 aliphatic rings. The van der Waals surface area contributed by atoms with E-state index in [-0.39, 0.29) is 55.9 Å². The van der Waals surface area contributed by atoms with Gasteiger partial charge in [-0.25, -0.2) is 0 Å². The van der Waals surface area contributed by atoms with Crippen molar-refractivity contribution in [2.75, 3.05) is 0 Å². The maximum absolute atomic E-state index is 13.5. The van der Waals surface area contributed by atoms with Crippen molar-refractivity contribution in [3.8, 4) is 21.9 Å². The molecule has 0 atom stereocenters. The summed E-state index contributed by atoms with van der Waals surface area (Å²) >= 11 is 4.89.